The van der Waals surface area contributed by atoms with Crippen molar-refractivity contribution in [2.45, 2.75) is 32.0 Å². The number of aliphatic hydroxyl groups is 1. The van der Waals surface area contributed by atoms with E-state index in [0.717, 1.165) is 17.9 Å². The van der Waals surface area contributed by atoms with E-state index in [-0.39, 0.29) is 30.9 Å². The fourth-order valence-corrected chi connectivity index (χ4v) is 5.24. The number of nitrogens with zero attached hydrogens (tertiary/aromatic N) is 4. The van der Waals surface area contributed by atoms with Crippen molar-refractivity contribution in [1.82, 2.24) is 9.78 Å². The van der Waals surface area contributed by atoms with Crippen molar-refractivity contribution < 1.29 is 37.3 Å². The second kappa shape index (κ2) is 10.5. The van der Waals surface area contributed by atoms with Gasteiger partial charge in [0.2, 0.25) is 5.78 Å². The van der Waals surface area contributed by atoms with Crippen LogP contribution in [-0.4, -0.2) is 66.5 Å². The number of fused-ring (bicyclic) bond motifs is 1. The van der Waals surface area contributed by atoms with Crippen LogP contribution in [0.5, 0.6) is 11.5 Å². The molecular formula is C28H27F3N4O6. The Morgan fingerprint density at radius 3 is 2.29 bits per heavy atom. The van der Waals surface area contributed by atoms with Crippen LogP contribution in [0.25, 0.3) is 16.9 Å². The number of amides is 1. The zero-order valence-corrected chi connectivity index (χ0v) is 22.5. The highest BCUT2D eigenvalue weighted by Gasteiger charge is 2.38. The molecule has 0 radical (unpaired) electrons. The smallest absolute Gasteiger partial charge is 0.418 e. The van der Waals surface area contributed by atoms with Crippen LogP contribution in [0.1, 0.15) is 24.5 Å². The summed E-state index contributed by atoms with van der Waals surface area (Å²) in [7, 11) is 2.86. The molecule has 0 unspecified atom stereocenters. The van der Waals surface area contributed by atoms with Gasteiger partial charge in [0, 0.05) is 49.4 Å². The number of carbonyl (C=O) groups is 2. The molecule has 0 spiro atoms. The maximum Gasteiger partial charge on any atom is 0.418 e. The number of β-amino-alcohol motifs (C(OH)–C–C–N with tert-alkyl or cyclic N) is 1. The van der Waals surface area contributed by atoms with E-state index in [1.165, 1.54) is 26.4 Å². The van der Waals surface area contributed by atoms with Crippen LogP contribution < -0.4 is 24.8 Å². The van der Waals surface area contributed by atoms with E-state index < -0.39 is 40.8 Å². The molecule has 5 rings (SSSR count). The van der Waals surface area contributed by atoms with Crippen LogP contribution in [-0.2, 0) is 22.2 Å². The maximum atomic E-state index is 14.3. The summed E-state index contributed by atoms with van der Waals surface area (Å²) < 4.78 is 54.2. The van der Waals surface area contributed by atoms with Gasteiger partial charge in [-0.1, -0.05) is 0 Å². The number of Topliss-reactive ketones (excluding diaryl/α,β-unsaturated/α-hetero) is 1. The Morgan fingerprint density at radius 1 is 1.05 bits per heavy atom. The van der Waals surface area contributed by atoms with Gasteiger partial charge in [-0.25, -0.2) is 0 Å². The summed E-state index contributed by atoms with van der Waals surface area (Å²) in [6, 6.07) is 8.11. The van der Waals surface area contributed by atoms with Gasteiger partial charge in [-0.05, 0) is 43.2 Å². The molecule has 1 fully saturated rings. The van der Waals surface area contributed by atoms with Crippen molar-refractivity contribution >= 4 is 23.1 Å². The van der Waals surface area contributed by atoms with Crippen LogP contribution >= 0.6 is 0 Å². The number of ether oxygens (including phenoxy) is 2. The Kier molecular flexibility index (Phi) is 7.24. The molecule has 216 valence electrons. The van der Waals surface area contributed by atoms with E-state index in [0.29, 0.717) is 46.0 Å². The topological polar surface area (TPSA) is 114 Å². The second-order valence-corrected chi connectivity index (χ2v) is 9.84. The summed E-state index contributed by atoms with van der Waals surface area (Å²) >= 11 is 0. The molecule has 2 aromatic carbocycles. The van der Waals surface area contributed by atoms with Gasteiger partial charge in [-0.2, -0.15) is 23.0 Å². The predicted molar refractivity (Wildman–Crippen MR) is 143 cm³/mol. The van der Waals surface area contributed by atoms with Crippen molar-refractivity contribution in [2.24, 2.45) is 0 Å². The number of anilines is 2. The molecule has 1 amide bonds. The Hall–Kier alpha value is -4.39. The molecule has 41 heavy (non-hydrogen) atoms. The van der Waals surface area contributed by atoms with E-state index >= 15 is 0 Å². The average Bonchev–Trinajstić information content (AvgIpc) is 3.58. The summed E-state index contributed by atoms with van der Waals surface area (Å²) in [6.45, 7) is 1.66. The lowest BCUT2D eigenvalue weighted by Crippen LogP contribution is -2.38. The summed E-state index contributed by atoms with van der Waals surface area (Å²) in [5, 5.41) is 14.4. The number of rotatable bonds is 6. The molecule has 13 heteroatoms. The number of halogens is 3. The number of aromatic nitrogens is 2. The summed E-state index contributed by atoms with van der Waals surface area (Å²) in [5.74, 6) is -1.04. The SMILES string of the molecule is COc1cc(OC)cc(-c2nn(-c3cc(N4CC[C@H](O)C4)ccc3C(F)(F)F)c(=O)c3c2CCN3C(=O)C(C)=O)c1. The lowest BCUT2D eigenvalue weighted by Gasteiger charge is -2.23. The predicted octanol–water partition coefficient (Wildman–Crippen LogP) is 2.98. The van der Waals surface area contributed by atoms with Gasteiger partial charge in [-0.15, -0.1) is 0 Å². The highest BCUT2D eigenvalue weighted by Crippen LogP contribution is 2.39. The second-order valence-electron chi connectivity index (χ2n) is 9.84. The first kappa shape index (κ1) is 28.1. The first-order chi connectivity index (χ1) is 19.4. The average molecular weight is 573 g/mol. The zero-order chi connectivity index (χ0) is 29.6. The molecule has 2 aliphatic heterocycles. The van der Waals surface area contributed by atoms with Crippen molar-refractivity contribution in [3.8, 4) is 28.4 Å². The van der Waals surface area contributed by atoms with Crippen molar-refractivity contribution in [3.63, 3.8) is 0 Å². The summed E-state index contributed by atoms with van der Waals surface area (Å²) in [6.07, 6.45) is -4.91. The zero-order valence-electron chi connectivity index (χ0n) is 22.5. The van der Waals surface area contributed by atoms with E-state index in [1.54, 1.807) is 23.1 Å². The number of hydrogen-bond acceptors (Lipinski definition) is 8. The first-order valence-corrected chi connectivity index (χ1v) is 12.8. The molecule has 0 bridgehead atoms. The number of hydrogen-bond donors (Lipinski definition) is 1. The lowest BCUT2D eigenvalue weighted by atomic mass is 10.0. The normalized spacial score (nSPS) is 16.6. The van der Waals surface area contributed by atoms with Gasteiger partial charge in [0.05, 0.1) is 37.3 Å². The highest BCUT2D eigenvalue weighted by atomic mass is 19.4. The first-order valence-electron chi connectivity index (χ1n) is 12.8. The fourth-order valence-electron chi connectivity index (χ4n) is 5.24. The Morgan fingerprint density at radius 2 is 1.73 bits per heavy atom. The van der Waals surface area contributed by atoms with Crippen molar-refractivity contribution in [2.75, 3.05) is 43.7 Å². The molecule has 0 aliphatic carbocycles. The number of methoxy groups -OCH3 is 2. The molecule has 0 saturated carbocycles. The van der Waals surface area contributed by atoms with Crippen LogP contribution in [0.4, 0.5) is 24.5 Å². The number of carbonyl (C=O) groups excluding carboxylic acids is 2. The van der Waals surface area contributed by atoms with Gasteiger partial charge in [0.15, 0.2) is 0 Å². The molecule has 1 atom stereocenters. The van der Waals surface area contributed by atoms with Crippen LogP contribution in [0, 0.1) is 0 Å². The molecular weight excluding hydrogens is 545 g/mol. The lowest BCUT2D eigenvalue weighted by molar-refractivity contribution is -0.137. The highest BCUT2D eigenvalue weighted by molar-refractivity contribution is 6.40. The minimum Gasteiger partial charge on any atom is -0.497 e. The minimum absolute atomic E-state index is 0.0272. The van der Waals surface area contributed by atoms with Gasteiger partial charge in [-0.3, -0.25) is 14.4 Å². The quantitative estimate of drug-likeness (QED) is 0.449. The largest absolute Gasteiger partial charge is 0.497 e. The van der Waals surface area contributed by atoms with Crippen molar-refractivity contribution in [1.29, 1.82) is 0 Å². The van der Waals surface area contributed by atoms with E-state index in [1.807, 2.05) is 0 Å². The van der Waals surface area contributed by atoms with E-state index in [9.17, 15) is 32.7 Å². The number of aliphatic hydroxyl groups excluding tert-OH is 1. The standard InChI is InChI=1S/C28H27F3N4O6/c1-15(36)26(38)34-9-7-21-24(16-10-19(40-2)13-20(11-16)41-3)32-35(27(39)25(21)34)23-12-17(33-8-6-18(37)14-33)4-5-22(23)28(29,30)31/h4-5,10-13,18,37H,6-9,14H2,1-3H3/t18-/m0/s1. The third kappa shape index (κ3) is 5.12. The molecule has 1 aromatic heterocycles. The Bertz CT molecular complexity index is 1580. The molecule has 3 aromatic rings. The van der Waals surface area contributed by atoms with Gasteiger partial charge in [0.1, 0.15) is 17.2 Å². The Balaban J connectivity index is 1.82. The third-order valence-corrected chi connectivity index (χ3v) is 7.24. The van der Waals surface area contributed by atoms with Crippen LogP contribution in [0.2, 0.25) is 0 Å². The molecule has 2 aliphatic rings. The van der Waals surface area contributed by atoms with E-state index in [4.69, 9.17) is 9.47 Å². The van der Waals surface area contributed by atoms with Gasteiger partial charge in [0.25, 0.3) is 11.5 Å². The number of benzene rings is 2. The fraction of sp³-hybridized carbons (Fsp3) is 0.357. The number of alkyl halides is 3. The maximum absolute atomic E-state index is 14.3. The van der Waals surface area contributed by atoms with Crippen LogP contribution in [0.15, 0.2) is 41.2 Å². The summed E-state index contributed by atoms with van der Waals surface area (Å²) in [4.78, 5) is 41.4. The Labute approximate surface area is 232 Å². The monoisotopic (exact) mass is 572 g/mol. The number of ketones is 1. The van der Waals surface area contributed by atoms with Crippen LogP contribution in [0.3, 0.4) is 0 Å². The van der Waals surface area contributed by atoms with Crippen molar-refractivity contribution in [3.05, 3.63) is 57.9 Å². The van der Waals surface area contributed by atoms with Gasteiger partial charge >= 0.3 is 6.18 Å². The molecule has 1 N–H and O–H groups in total. The molecule has 10 nitrogen and oxygen atoms in total. The molecule has 1 saturated heterocycles. The molecule has 3 heterocycles. The van der Waals surface area contributed by atoms with E-state index in [2.05, 4.69) is 5.10 Å². The minimum atomic E-state index is -4.85. The third-order valence-electron chi connectivity index (χ3n) is 7.24. The summed E-state index contributed by atoms with van der Waals surface area (Å²) in [5.41, 5.74) is -1.69. The van der Waals surface area contributed by atoms with Gasteiger partial charge < -0.3 is 24.4 Å².